The van der Waals surface area contributed by atoms with Crippen molar-refractivity contribution < 1.29 is 13.6 Å². The number of pyridine rings is 1. The van der Waals surface area contributed by atoms with Crippen LogP contribution in [0.4, 0.5) is 13.8 Å². The van der Waals surface area contributed by atoms with Crippen LogP contribution >= 0.6 is 23.1 Å². The summed E-state index contributed by atoms with van der Waals surface area (Å²) in [5.41, 5.74) is 1.99. The predicted octanol–water partition coefficient (Wildman–Crippen LogP) is 5.67. The van der Waals surface area contributed by atoms with Gasteiger partial charge in [-0.25, -0.2) is 13.8 Å². The first-order valence-electron chi connectivity index (χ1n) is 10.3. The van der Waals surface area contributed by atoms with Gasteiger partial charge in [-0.05, 0) is 43.1 Å². The van der Waals surface area contributed by atoms with Crippen LogP contribution in [0.5, 0.6) is 0 Å². The van der Waals surface area contributed by atoms with Crippen LogP contribution in [0.3, 0.4) is 0 Å². The highest BCUT2D eigenvalue weighted by atomic mass is 32.2. The molecule has 2 aliphatic carbocycles. The average molecular weight is 452 g/mol. The molecule has 2 fully saturated rings. The summed E-state index contributed by atoms with van der Waals surface area (Å²) < 4.78 is 27.4. The summed E-state index contributed by atoms with van der Waals surface area (Å²) in [6, 6.07) is 3.74. The first-order valence-corrected chi connectivity index (χ1v) is 12.3. The standard InChI is InChI=1S/C22H27F2N3OS2/c1-14(12-29-13-21(3)6-7-21)19(28)27(11-17-9-22(17,23)24)20-15(2)26-18(30-20)16-5-4-8-25-10-16/h4-5,8,10,14,17H,6-7,9,11-13H2,1-3H3. The zero-order chi connectivity index (χ0) is 21.5. The van der Waals surface area contributed by atoms with Gasteiger partial charge in [-0.2, -0.15) is 11.8 Å². The van der Waals surface area contributed by atoms with Crippen molar-refractivity contribution in [1.29, 1.82) is 0 Å². The lowest BCUT2D eigenvalue weighted by Gasteiger charge is -2.25. The molecule has 2 aromatic rings. The quantitative estimate of drug-likeness (QED) is 0.493. The third-order valence-electron chi connectivity index (χ3n) is 5.89. The van der Waals surface area contributed by atoms with Gasteiger partial charge in [-0.15, -0.1) is 0 Å². The Morgan fingerprint density at radius 1 is 1.43 bits per heavy atom. The van der Waals surface area contributed by atoms with E-state index < -0.39 is 11.8 Å². The van der Waals surface area contributed by atoms with Crippen molar-refractivity contribution in [1.82, 2.24) is 9.97 Å². The summed E-state index contributed by atoms with van der Waals surface area (Å²) in [6.07, 6.45) is 5.77. The molecule has 0 aliphatic heterocycles. The van der Waals surface area contributed by atoms with Crippen molar-refractivity contribution in [3.05, 3.63) is 30.2 Å². The zero-order valence-electron chi connectivity index (χ0n) is 17.5. The molecule has 4 nitrogen and oxygen atoms in total. The minimum absolute atomic E-state index is 0.0497. The topological polar surface area (TPSA) is 46.1 Å². The number of hydrogen-bond donors (Lipinski definition) is 0. The van der Waals surface area contributed by atoms with Crippen LogP contribution in [0.25, 0.3) is 10.6 Å². The molecule has 162 valence electrons. The molecule has 30 heavy (non-hydrogen) atoms. The van der Waals surface area contributed by atoms with Gasteiger partial charge in [0.1, 0.15) is 10.0 Å². The lowest BCUT2D eigenvalue weighted by Crippen LogP contribution is -2.38. The lowest BCUT2D eigenvalue weighted by atomic mass is 10.1. The van der Waals surface area contributed by atoms with Crippen LogP contribution in [0.2, 0.25) is 0 Å². The van der Waals surface area contributed by atoms with Crippen molar-refractivity contribution in [2.24, 2.45) is 17.3 Å². The van der Waals surface area contributed by atoms with Gasteiger partial charge in [0.25, 0.3) is 5.92 Å². The number of hydrogen-bond acceptors (Lipinski definition) is 5. The summed E-state index contributed by atoms with van der Waals surface area (Å²) in [6.45, 7) is 6.06. The van der Waals surface area contributed by atoms with E-state index in [-0.39, 0.29) is 24.8 Å². The maximum absolute atomic E-state index is 13.7. The SMILES string of the molecule is Cc1nc(-c2cccnc2)sc1N(CC1CC1(F)F)C(=O)C(C)CSCC1(C)CC1. The number of amides is 1. The summed E-state index contributed by atoms with van der Waals surface area (Å²) in [5, 5.41) is 1.42. The average Bonchev–Trinajstić information content (AvgIpc) is 3.54. The molecular weight excluding hydrogens is 424 g/mol. The first kappa shape index (κ1) is 21.7. The maximum Gasteiger partial charge on any atom is 0.253 e. The Kier molecular flexibility index (Phi) is 5.92. The highest BCUT2D eigenvalue weighted by molar-refractivity contribution is 7.99. The second-order valence-electron chi connectivity index (χ2n) is 8.99. The Morgan fingerprint density at radius 3 is 2.77 bits per heavy atom. The van der Waals surface area contributed by atoms with Gasteiger partial charge < -0.3 is 4.90 Å². The molecule has 0 radical (unpaired) electrons. The van der Waals surface area contributed by atoms with Crippen molar-refractivity contribution in [3.8, 4) is 10.6 Å². The third kappa shape index (κ3) is 4.85. The molecule has 0 saturated heterocycles. The van der Waals surface area contributed by atoms with E-state index in [2.05, 4.69) is 16.9 Å². The summed E-state index contributed by atoms with van der Waals surface area (Å²) in [7, 11) is 0. The van der Waals surface area contributed by atoms with Gasteiger partial charge >= 0.3 is 0 Å². The van der Waals surface area contributed by atoms with Crippen LogP contribution in [0.15, 0.2) is 24.5 Å². The fourth-order valence-corrected chi connectivity index (χ4v) is 5.86. The van der Waals surface area contributed by atoms with E-state index in [1.165, 1.54) is 24.2 Å². The molecule has 2 aromatic heterocycles. The molecule has 0 bridgehead atoms. The molecule has 2 heterocycles. The smallest absolute Gasteiger partial charge is 0.253 e. The van der Waals surface area contributed by atoms with E-state index in [9.17, 15) is 13.6 Å². The number of halogens is 2. The molecule has 0 N–H and O–H groups in total. The molecular formula is C22H27F2N3OS2. The van der Waals surface area contributed by atoms with Crippen molar-refractivity contribution in [3.63, 3.8) is 0 Å². The molecule has 8 heteroatoms. The van der Waals surface area contributed by atoms with E-state index in [1.807, 2.05) is 26.0 Å². The van der Waals surface area contributed by atoms with Crippen LogP contribution < -0.4 is 4.90 Å². The number of carbonyl (C=O) groups is 1. The van der Waals surface area contributed by atoms with Gasteiger partial charge in [-0.1, -0.05) is 25.2 Å². The zero-order valence-corrected chi connectivity index (χ0v) is 19.2. The third-order valence-corrected chi connectivity index (χ3v) is 8.76. The second kappa shape index (κ2) is 8.19. The van der Waals surface area contributed by atoms with Crippen LogP contribution in [0, 0.1) is 24.2 Å². The summed E-state index contributed by atoms with van der Waals surface area (Å²) in [4.78, 5) is 23.6. The molecule has 1 amide bonds. The highest BCUT2D eigenvalue weighted by Gasteiger charge is 2.57. The number of rotatable bonds is 9. The molecule has 2 saturated carbocycles. The Morgan fingerprint density at radius 2 is 2.17 bits per heavy atom. The van der Waals surface area contributed by atoms with E-state index in [4.69, 9.17) is 0 Å². The number of carbonyl (C=O) groups excluding carboxylic acids is 1. The van der Waals surface area contributed by atoms with E-state index in [0.29, 0.717) is 21.9 Å². The number of thiazole rings is 1. The van der Waals surface area contributed by atoms with Gasteiger partial charge in [0.15, 0.2) is 0 Å². The van der Waals surface area contributed by atoms with Crippen LogP contribution in [-0.4, -0.2) is 39.8 Å². The first-order chi connectivity index (χ1) is 14.2. The fourth-order valence-electron chi connectivity index (χ4n) is 3.39. The van der Waals surface area contributed by atoms with Crippen molar-refractivity contribution >= 4 is 34.0 Å². The van der Waals surface area contributed by atoms with Gasteiger partial charge in [0, 0.05) is 48.5 Å². The maximum atomic E-state index is 13.7. The van der Waals surface area contributed by atoms with E-state index in [1.54, 1.807) is 29.1 Å². The van der Waals surface area contributed by atoms with Crippen molar-refractivity contribution in [2.75, 3.05) is 23.0 Å². The van der Waals surface area contributed by atoms with E-state index in [0.717, 1.165) is 16.3 Å². The molecule has 4 rings (SSSR count). The monoisotopic (exact) mass is 451 g/mol. The number of thioether (sulfide) groups is 1. The Balaban J connectivity index is 1.52. The Hall–Kier alpha value is -1.54. The number of aromatic nitrogens is 2. The summed E-state index contributed by atoms with van der Waals surface area (Å²) >= 11 is 3.17. The predicted molar refractivity (Wildman–Crippen MR) is 119 cm³/mol. The normalized spacial score (nSPS) is 21.8. The van der Waals surface area contributed by atoms with Crippen molar-refractivity contribution in [2.45, 2.75) is 46.0 Å². The Bertz CT molecular complexity index is 914. The minimum atomic E-state index is -2.66. The van der Waals surface area contributed by atoms with E-state index >= 15 is 0 Å². The Labute approximate surface area is 184 Å². The minimum Gasteiger partial charge on any atom is -0.301 e. The molecule has 0 aromatic carbocycles. The van der Waals surface area contributed by atoms with Crippen LogP contribution in [-0.2, 0) is 4.79 Å². The van der Waals surface area contributed by atoms with Gasteiger partial charge in [0.2, 0.25) is 5.91 Å². The number of alkyl halides is 2. The number of aryl methyl sites for hydroxylation is 1. The van der Waals surface area contributed by atoms with Gasteiger partial charge in [-0.3, -0.25) is 9.78 Å². The van der Waals surface area contributed by atoms with Gasteiger partial charge in [0.05, 0.1) is 5.69 Å². The molecule has 0 spiro atoms. The molecule has 2 atom stereocenters. The molecule has 2 unspecified atom stereocenters. The highest BCUT2D eigenvalue weighted by Crippen LogP contribution is 2.50. The number of anilines is 1. The second-order valence-corrected chi connectivity index (χ2v) is 11.0. The summed E-state index contributed by atoms with van der Waals surface area (Å²) in [5.74, 6) is -1.99. The molecule has 2 aliphatic rings. The largest absolute Gasteiger partial charge is 0.301 e. The number of nitrogens with zero attached hydrogens (tertiary/aromatic N) is 3. The lowest BCUT2D eigenvalue weighted by molar-refractivity contribution is -0.121. The fraction of sp³-hybridized carbons (Fsp3) is 0.591. The van der Waals surface area contributed by atoms with Crippen LogP contribution in [0.1, 0.15) is 38.8 Å².